The van der Waals surface area contributed by atoms with Gasteiger partial charge < -0.3 is 15.4 Å². The summed E-state index contributed by atoms with van der Waals surface area (Å²) in [6.07, 6.45) is 1.40. The number of carbonyl (C=O) groups is 2. The molecule has 0 aliphatic heterocycles. The number of nitriles is 1. The van der Waals surface area contributed by atoms with Crippen LogP contribution >= 0.6 is 43.5 Å². The summed E-state index contributed by atoms with van der Waals surface area (Å²) in [7, 11) is 0. The largest absolute Gasteiger partial charge is 0.482 e. The Balaban J connectivity index is 1.79. The average molecular weight is 604 g/mol. The smallest absolute Gasteiger partial charge is 0.266 e. The van der Waals surface area contributed by atoms with Crippen molar-refractivity contribution < 1.29 is 14.3 Å². The fourth-order valence-electron chi connectivity index (χ4n) is 2.93. The lowest BCUT2D eigenvalue weighted by Crippen LogP contribution is -2.20. The zero-order valence-electron chi connectivity index (χ0n) is 17.9. The molecule has 172 valence electrons. The predicted molar refractivity (Wildman–Crippen MR) is 141 cm³/mol. The normalized spacial score (nSPS) is 10.9. The molecule has 3 aromatic carbocycles. The highest BCUT2D eigenvalue weighted by Crippen LogP contribution is 2.34. The van der Waals surface area contributed by atoms with Gasteiger partial charge in [0.2, 0.25) is 0 Å². The molecule has 0 atom stereocenters. The second kappa shape index (κ2) is 11.8. The zero-order chi connectivity index (χ0) is 24.7. The van der Waals surface area contributed by atoms with E-state index in [1.54, 1.807) is 42.5 Å². The van der Waals surface area contributed by atoms with E-state index >= 15 is 0 Å². The first-order chi connectivity index (χ1) is 16.2. The number of carbonyl (C=O) groups excluding carboxylic acids is 2. The van der Waals surface area contributed by atoms with Crippen molar-refractivity contribution in [2.75, 3.05) is 17.2 Å². The maximum absolute atomic E-state index is 12.6. The summed E-state index contributed by atoms with van der Waals surface area (Å²) in [5.41, 5.74) is 2.47. The molecule has 3 rings (SSSR count). The summed E-state index contributed by atoms with van der Waals surface area (Å²) in [6, 6.07) is 19.3. The van der Waals surface area contributed by atoms with E-state index in [-0.39, 0.29) is 18.1 Å². The van der Waals surface area contributed by atoms with Gasteiger partial charge in [-0.3, -0.25) is 9.59 Å². The maximum Gasteiger partial charge on any atom is 0.266 e. The number of amides is 2. The fourth-order valence-corrected chi connectivity index (χ4v) is 4.43. The van der Waals surface area contributed by atoms with Gasteiger partial charge in [0, 0.05) is 26.4 Å². The Labute approximate surface area is 218 Å². The van der Waals surface area contributed by atoms with Crippen LogP contribution in [0.1, 0.15) is 11.1 Å². The van der Waals surface area contributed by atoms with Gasteiger partial charge in [-0.25, -0.2) is 0 Å². The molecule has 0 aliphatic carbocycles. The molecule has 0 fully saturated rings. The van der Waals surface area contributed by atoms with Gasteiger partial charge in [-0.2, -0.15) is 5.26 Å². The molecular formula is C25H18Br2ClN3O3. The fraction of sp³-hybridized carbons (Fsp3) is 0.0800. The molecule has 0 saturated heterocycles. The molecule has 0 heterocycles. The average Bonchev–Trinajstić information content (AvgIpc) is 2.78. The predicted octanol–water partition coefficient (Wildman–Crippen LogP) is 6.74. The third-order valence-corrected chi connectivity index (χ3v) is 5.75. The van der Waals surface area contributed by atoms with E-state index in [0.717, 1.165) is 5.56 Å². The van der Waals surface area contributed by atoms with Gasteiger partial charge in [0.05, 0.1) is 4.47 Å². The van der Waals surface area contributed by atoms with Crippen LogP contribution in [0.5, 0.6) is 5.75 Å². The minimum Gasteiger partial charge on any atom is -0.482 e. The molecular weight excluding hydrogens is 586 g/mol. The molecule has 0 aromatic heterocycles. The number of hydrogen-bond acceptors (Lipinski definition) is 4. The maximum atomic E-state index is 12.6. The first-order valence-corrected chi connectivity index (χ1v) is 11.9. The second-order valence-electron chi connectivity index (χ2n) is 7.14. The van der Waals surface area contributed by atoms with E-state index < -0.39 is 5.91 Å². The number of halogens is 3. The lowest BCUT2D eigenvalue weighted by atomic mass is 10.1. The minimum atomic E-state index is -0.593. The Morgan fingerprint density at radius 2 is 1.79 bits per heavy atom. The monoisotopic (exact) mass is 601 g/mol. The molecule has 2 amide bonds. The molecule has 3 aromatic rings. The van der Waals surface area contributed by atoms with Crippen molar-refractivity contribution in [1.82, 2.24) is 0 Å². The Morgan fingerprint density at radius 1 is 1.06 bits per heavy atom. The van der Waals surface area contributed by atoms with Gasteiger partial charge in [-0.15, -0.1) is 0 Å². The van der Waals surface area contributed by atoms with Crippen LogP contribution in [0, 0.1) is 18.3 Å². The van der Waals surface area contributed by atoms with Gasteiger partial charge in [0.25, 0.3) is 11.8 Å². The van der Waals surface area contributed by atoms with Crippen LogP contribution in [0.3, 0.4) is 0 Å². The summed E-state index contributed by atoms with van der Waals surface area (Å²) in [4.78, 5) is 25.0. The van der Waals surface area contributed by atoms with Crippen molar-refractivity contribution in [3.63, 3.8) is 0 Å². The van der Waals surface area contributed by atoms with Crippen LogP contribution < -0.4 is 15.4 Å². The van der Waals surface area contributed by atoms with Crippen molar-refractivity contribution >= 4 is 72.7 Å². The van der Waals surface area contributed by atoms with Crippen LogP contribution in [0.4, 0.5) is 11.4 Å². The van der Waals surface area contributed by atoms with Gasteiger partial charge in [-0.1, -0.05) is 39.7 Å². The molecule has 0 saturated carbocycles. The topological polar surface area (TPSA) is 91.2 Å². The molecule has 0 bridgehead atoms. The number of nitrogens with one attached hydrogen (secondary N) is 2. The summed E-state index contributed by atoms with van der Waals surface area (Å²) in [6.45, 7) is 1.66. The van der Waals surface area contributed by atoms with Crippen molar-refractivity contribution in [2.24, 2.45) is 0 Å². The third-order valence-electron chi connectivity index (χ3n) is 4.45. The zero-order valence-corrected chi connectivity index (χ0v) is 21.8. The number of hydrogen-bond donors (Lipinski definition) is 2. The van der Waals surface area contributed by atoms with Gasteiger partial charge in [0.15, 0.2) is 6.61 Å². The van der Waals surface area contributed by atoms with Crippen LogP contribution in [0.15, 0.2) is 75.2 Å². The van der Waals surface area contributed by atoms with Crippen molar-refractivity contribution in [1.29, 1.82) is 5.26 Å². The lowest BCUT2D eigenvalue weighted by Gasteiger charge is -2.13. The standard InChI is InChI=1S/C25H18Br2ClN3O3/c1-15-3-2-4-21(9-15)30-23(32)14-34-24-16(11-18(26)12-22(24)27)10-17(13-29)25(33)31-20-7-5-19(28)6-8-20/h2-12H,14H2,1H3,(H,30,32)(H,31,33)/b17-10-. The van der Waals surface area contributed by atoms with Crippen LogP contribution in [-0.2, 0) is 9.59 Å². The number of anilines is 2. The van der Waals surface area contributed by atoms with Crippen molar-refractivity contribution in [3.8, 4) is 11.8 Å². The van der Waals surface area contributed by atoms with Crippen LogP contribution in [0.2, 0.25) is 5.02 Å². The third kappa shape index (κ3) is 7.19. The molecule has 9 heteroatoms. The number of ether oxygens (including phenoxy) is 1. The van der Waals surface area contributed by atoms with E-state index in [1.165, 1.54) is 6.08 Å². The Bertz CT molecular complexity index is 1300. The highest BCUT2D eigenvalue weighted by atomic mass is 79.9. The van der Waals surface area contributed by atoms with E-state index in [0.29, 0.717) is 36.7 Å². The van der Waals surface area contributed by atoms with Gasteiger partial charge in [-0.05, 0) is 83.0 Å². The first-order valence-electron chi connectivity index (χ1n) is 9.92. The van der Waals surface area contributed by atoms with E-state index in [4.69, 9.17) is 16.3 Å². The quantitative estimate of drug-likeness (QED) is 0.231. The second-order valence-corrected chi connectivity index (χ2v) is 9.35. The molecule has 0 radical (unpaired) electrons. The van der Waals surface area contributed by atoms with Crippen LogP contribution in [-0.4, -0.2) is 18.4 Å². The van der Waals surface area contributed by atoms with Crippen LogP contribution in [0.25, 0.3) is 6.08 Å². The molecule has 0 unspecified atom stereocenters. The van der Waals surface area contributed by atoms with Gasteiger partial charge in [0.1, 0.15) is 17.4 Å². The highest BCUT2D eigenvalue weighted by Gasteiger charge is 2.15. The molecule has 0 spiro atoms. The summed E-state index contributed by atoms with van der Waals surface area (Å²) in [5, 5.41) is 15.5. The Hall–Kier alpha value is -3.12. The highest BCUT2D eigenvalue weighted by molar-refractivity contribution is 9.11. The Kier molecular flexibility index (Phi) is 8.88. The molecule has 6 nitrogen and oxygen atoms in total. The van der Waals surface area contributed by atoms with E-state index in [1.807, 2.05) is 31.2 Å². The van der Waals surface area contributed by atoms with E-state index in [9.17, 15) is 14.9 Å². The lowest BCUT2D eigenvalue weighted by molar-refractivity contribution is -0.118. The van der Waals surface area contributed by atoms with Crippen molar-refractivity contribution in [2.45, 2.75) is 6.92 Å². The minimum absolute atomic E-state index is 0.144. The van der Waals surface area contributed by atoms with Crippen molar-refractivity contribution in [3.05, 3.63) is 91.3 Å². The SMILES string of the molecule is Cc1cccc(NC(=O)COc2c(Br)cc(Br)cc2/C=C(/C#N)C(=O)Nc2ccc(Cl)cc2)c1. The number of rotatable bonds is 7. The molecule has 0 aliphatic rings. The summed E-state index contributed by atoms with van der Waals surface area (Å²) < 4.78 is 7.00. The number of nitrogens with zero attached hydrogens (tertiary/aromatic N) is 1. The van der Waals surface area contributed by atoms with E-state index in [2.05, 4.69) is 42.5 Å². The van der Waals surface area contributed by atoms with Gasteiger partial charge >= 0.3 is 0 Å². The summed E-state index contributed by atoms with van der Waals surface area (Å²) >= 11 is 12.7. The molecule has 34 heavy (non-hydrogen) atoms. The first kappa shape index (κ1) is 25.5. The molecule has 2 N–H and O–H groups in total. The number of benzene rings is 3. The summed E-state index contributed by atoms with van der Waals surface area (Å²) in [5.74, 6) is -0.630. The Morgan fingerprint density at radius 3 is 2.47 bits per heavy atom. The number of aryl methyl sites for hydroxylation is 1.